The number of halogens is 1. The first kappa shape index (κ1) is 16.8. The molecule has 2 rings (SSSR count). The van der Waals surface area contributed by atoms with Crippen molar-refractivity contribution in [1.29, 1.82) is 0 Å². The van der Waals surface area contributed by atoms with Crippen LogP contribution in [-0.2, 0) is 6.42 Å². The Bertz CT molecular complexity index is 745. The number of hydrogen-bond donors (Lipinski definition) is 2. The van der Waals surface area contributed by atoms with Crippen LogP contribution in [0.1, 0.15) is 21.5 Å². The quantitative estimate of drug-likeness (QED) is 0.651. The van der Waals surface area contributed by atoms with Gasteiger partial charge in [0, 0.05) is 23.2 Å². The van der Waals surface area contributed by atoms with E-state index in [1.807, 2.05) is 0 Å². The Kier molecular flexibility index (Phi) is 5.60. The molecule has 0 aliphatic heterocycles. The minimum absolute atomic E-state index is 0.0447. The third-order valence-corrected chi connectivity index (χ3v) is 3.53. The van der Waals surface area contributed by atoms with Crippen LogP contribution in [0.5, 0.6) is 11.5 Å². The zero-order chi connectivity index (χ0) is 16.8. The summed E-state index contributed by atoms with van der Waals surface area (Å²) < 4.78 is 5.24. The minimum atomic E-state index is -0.472. The van der Waals surface area contributed by atoms with Crippen LogP contribution in [0.2, 0.25) is 5.02 Å². The topological polar surface area (TPSA) is 70.9 Å². The molecular weight excluding hydrogens is 316 g/mol. The van der Waals surface area contributed by atoms with Crippen molar-refractivity contribution in [1.82, 2.24) is 5.43 Å². The van der Waals surface area contributed by atoms with Crippen LogP contribution >= 0.6 is 11.6 Å². The van der Waals surface area contributed by atoms with Gasteiger partial charge in [-0.15, -0.1) is 0 Å². The summed E-state index contributed by atoms with van der Waals surface area (Å²) in [6.45, 7) is 1.72. The lowest BCUT2D eigenvalue weighted by molar-refractivity contribution is 0.0952. The number of phenols is 1. The number of amides is 1. The number of aryl methyl sites for hydroxylation is 1. The van der Waals surface area contributed by atoms with E-state index in [-0.39, 0.29) is 11.3 Å². The SMILES string of the molecule is COc1ccc(Cl)cc1C/C=N\NC(=O)c1cccc(C)c1O. The van der Waals surface area contributed by atoms with Crippen molar-refractivity contribution in [2.45, 2.75) is 13.3 Å². The van der Waals surface area contributed by atoms with E-state index in [1.165, 1.54) is 6.07 Å². The summed E-state index contributed by atoms with van der Waals surface area (Å²) in [5.74, 6) is 0.181. The molecule has 0 atom stereocenters. The number of hydrogen-bond acceptors (Lipinski definition) is 4. The standard InChI is InChI=1S/C17H17ClN2O3/c1-11-4-3-5-14(16(11)21)17(22)20-19-9-8-12-10-13(18)6-7-15(12)23-2/h3-7,9-10,21H,8H2,1-2H3,(H,20,22)/b19-9-. The largest absolute Gasteiger partial charge is 0.507 e. The Balaban J connectivity index is 2.01. The highest BCUT2D eigenvalue weighted by atomic mass is 35.5. The van der Waals surface area contributed by atoms with Gasteiger partial charge >= 0.3 is 0 Å². The number of rotatable bonds is 5. The molecule has 23 heavy (non-hydrogen) atoms. The summed E-state index contributed by atoms with van der Waals surface area (Å²) in [5, 5.41) is 14.3. The van der Waals surface area contributed by atoms with E-state index in [0.717, 1.165) is 5.56 Å². The Morgan fingerprint density at radius 3 is 2.91 bits per heavy atom. The fourth-order valence-corrected chi connectivity index (χ4v) is 2.25. The molecule has 0 heterocycles. The minimum Gasteiger partial charge on any atom is -0.507 e. The normalized spacial score (nSPS) is 10.7. The maximum absolute atomic E-state index is 12.0. The molecule has 6 heteroatoms. The smallest absolute Gasteiger partial charge is 0.275 e. The molecule has 0 unspecified atom stereocenters. The molecule has 2 N–H and O–H groups in total. The highest BCUT2D eigenvalue weighted by molar-refractivity contribution is 6.30. The predicted octanol–water partition coefficient (Wildman–Crippen LogP) is 3.32. The predicted molar refractivity (Wildman–Crippen MR) is 90.5 cm³/mol. The van der Waals surface area contributed by atoms with Gasteiger partial charge in [0.05, 0.1) is 12.7 Å². The van der Waals surface area contributed by atoms with Crippen LogP contribution in [-0.4, -0.2) is 24.3 Å². The second-order valence-electron chi connectivity index (χ2n) is 4.88. The molecule has 0 fully saturated rings. The molecule has 120 valence electrons. The van der Waals surface area contributed by atoms with E-state index in [4.69, 9.17) is 16.3 Å². The zero-order valence-electron chi connectivity index (χ0n) is 12.8. The summed E-state index contributed by atoms with van der Waals surface area (Å²) >= 11 is 5.95. The second kappa shape index (κ2) is 7.65. The Morgan fingerprint density at radius 2 is 2.17 bits per heavy atom. The summed E-state index contributed by atoms with van der Waals surface area (Å²) in [4.78, 5) is 12.0. The molecule has 0 aromatic heterocycles. The third kappa shape index (κ3) is 4.23. The van der Waals surface area contributed by atoms with Crippen LogP contribution in [0.25, 0.3) is 0 Å². The van der Waals surface area contributed by atoms with Gasteiger partial charge in [-0.1, -0.05) is 23.7 Å². The number of ether oxygens (including phenoxy) is 1. The second-order valence-corrected chi connectivity index (χ2v) is 5.32. The first-order valence-corrected chi connectivity index (χ1v) is 7.33. The number of phenolic OH excluding ortho intramolecular Hbond substituents is 1. The van der Waals surface area contributed by atoms with Crippen molar-refractivity contribution in [3.05, 3.63) is 58.1 Å². The molecule has 5 nitrogen and oxygen atoms in total. The monoisotopic (exact) mass is 332 g/mol. The first-order chi connectivity index (χ1) is 11.0. The van der Waals surface area contributed by atoms with Crippen LogP contribution in [0.4, 0.5) is 0 Å². The van der Waals surface area contributed by atoms with E-state index in [1.54, 1.807) is 50.6 Å². The fraction of sp³-hybridized carbons (Fsp3) is 0.176. The Morgan fingerprint density at radius 1 is 1.39 bits per heavy atom. The lowest BCUT2D eigenvalue weighted by atomic mass is 10.1. The molecule has 1 amide bonds. The van der Waals surface area contributed by atoms with E-state index in [0.29, 0.717) is 22.8 Å². The number of hydrazone groups is 1. The lowest BCUT2D eigenvalue weighted by Gasteiger charge is -2.07. The van der Waals surface area contributed by atoms with Crippen molar-refractivity contribution in [2.24, 2.45) is 5.10 Å². The lowest BCUT2D eigenvalue weighted by Crippen LogP contribution is -2.18. The van der Waals surface area contributed by atoms with E-state index in [9.17, 15) is 9.90 Å². The van der Waals surface area contributed by atoms with Crippen LogP contribution in [0.15, 0.2) is 41.5 Å². The number of aromatic hydroxyl groups is 1. The van der Waals surface area contributed by atoms with Gasteiger partial charge < -0.3 is 9.84 Å². The van der Waals surface area contributed by atoms with Gasteiger partial charge in [-0.25, -0.2) is 5.43 Å². The summed E-state index contributed by atoms with van der Waals surface area (Å²) in [5.41, 5.74) is 4.06. The number of methoxy groups -OCH3 is 1. The van der Waals surface area contributed by atoms with Gasteiger partial charge in [0.2, 0.25) is 0 Å². The zero-order valence-corrected chi connectivity index (χ0v) is 13.6. The molecule has 2 aromatic rings. The molecule has 0 bridgehead atoms. The number of carbonyl (C=O) groups is 1. The molecule has 0 aliphatic rings. The maximum atomic E-state index is 12.0. The highest BCUT2D eigenvalue weighted by Gasteiger charge is 2.11. The van der Waals surface area contributed by atoms with E-state index in [2.05, 4.69) is 10.5 Å². The summed E-state index contributed by atoms with van der Waals surface area (Å²) in [7, 11) is 1.58. The van der Waals surface area contributed by atoms with E-state index >= 15 is 0 Å². The van der Waals surface area contributed by atoms with Gasteiger partial charge in [0.1, 0.15) is 11.5 Å². The van der Waals surface area contributed by atoms with Gasteiger partial charge in [-0.3, -0.25) is 4.79 Å². The fourth-order valence-electron chi connectivity index (χ4n) is 2.06. The summed E-state index contributed by atoms with van der Waals surface area (Å²) in [6.07, 6.45) is 1.99. The Labute approximate surface area is 139 Å². The molecule has 0 aliphatic carbocycles. The van der Waals surface area contributed by atoms with Crippen molar-refractivity contribution in [2.75, 3.05) is 7.11 Å². The number of nitrogens with one attached hydrogen (secondary N) is 1. The third-order valence-electron chi connectivity index (χ3n) is 3.29. The average Bonchev–Trinajstić information content (AvgIpc) is 2.54. The first-order valence-electron chi connectivity index (χ1n) is 6.95. The summed E-state index contributed by atoms with van der Waals surface area (Å²) in [6, 6.07) is 10.2. The molecule has 0 spiro atoms. The molecular formula is C17H17ClN2O3. The number of benzene rings is 2. The Hall–Kier alpha value is -2.53. The van der Waals surface area contributed by atoms with Crippen molar-refractivity contribution >= 4 is 23.7 Å². The van der Waals surface area contributed by atoms with Crippen molar-refractivity contribution in [3.63, 3.8) is 0 Å². The molecule has 0 saturated heterocycles. The molecule has 2 aromatic carbocycles. The van der Waals surface area contributed by atoms with Crippen molar-refractivity contribution in [3.8, 4) is 11.5 Å². The van der Waals surface area contributed by atoms with Gasteiger partial charge in [0.25, 0.3) is 5.91 Å². The number of carbonyl (C=O) groups excluding carboxylic acids is 1. The average molecular weight is 333 g/mol. The molecule has 0 saturated carbocycles. The van der Waals surface area contributed by atoms with Gasteiger partial charge in [-0.2, -0.15) is 5.10 Å². The van der Waals surface area contributed by atoms with Crippen LogP contribution in [0.3, 0.4) is 0 Å². The highest BCUT2D eigenvalue weighted by Crippen LogP contribution is 2.23. The van der Waals surface area contributed by atoms with Gasteiger partial charge in [0.15, 0.2) is 0 Å². The number of para-hydroxylation sites is 1. The molecule has 0 radical (unpaired) electrons. The van der Waals surface area contributed by atoms with Crippen LogP contribution < -0.4 is 10.2 Å². The van der Waals surface area contributed by atoms with Crippen molar-refractivity contribution < 1.29 is 14.6 Å². The van der Waals surface area contributed by atoms with Crippen LogP contribution in [0, 0.1) is 6.92 Å². The van der Waals surface area contributed by atoms with Gasteiger partial charge in [-0.05, 0) is 36.8 Å². The maximum Gasteiger partial charge on any atom is 0.275 e. The number of nitrogens with zero attached hydrogens (tertiary/aromatic N) is 1. The van der Waals surface area contributed by atoms with E-state index < -0.39 is 5.91 Å².